The van der Waals surface area contributed by atoms with Gasteiger partial charge in [-0.1, -0.05) is 0 Å². The summed E-state index contributed by atoms with van der Waals surface area (Å²) in [4.78, 5) is 38.8. The van der Waals surface area contributed by atoms with Gasteiger partial charge in [-0.15, -0.1) is 0 Å². The Kier molecular flexibility index (Phi) is 6.03. The van der Waals surface area contributed by atoms with Crippen LogP contribution in [0.5, 0.6) is 0 Å². The number of carbonyl (C=O) groups is 2. The van der Waals surface area contributed by atoms with Crippen LogP contribution < -0.4 is 10.9 Å². The third-order valence-corrected chi connectivity index (χ3v) is 5.58. The molecule has 142 valence electrons. The summed E-state index contributed by atoms with van der Waals surface area (Å²) in [5.41, 5.74) is 1.14. The molecule has 0 radical (unpaired) electrons. The molecule has 0 saturated carbocycles. The molecule has 3 heterocycles. The van der Waals surface area contributed by atoms with Crippen molar-refractivity contribution in [2.24, 2.45) is 5.92 Å². The Balaban J connectivity index is 1.79. The van der Waals surface area contributed by atoms with Crippen LogP contribution in [-0.2, 0) is 20.9 Å². The molecule has 2 aliphatic rings. The zero-order valence-corrected chi connectivity index (χ0v) is 16.0. The second-order valence-electron chi connectivity index (χ2n) is 6.91. The smallest absolute Gasteiger partial charge is 0.274 e. The fraction of sp³-hybridized carbons (Fsp3) is 0.611. The third-order valence-electron chi connectivity index (χ3n) is 5.03. The van der Waals surface area contributed by atoms with Crippen LogP contribution in [0.15, 0.2) is 16.9 Å². The number of piperidine rings is 1. The average molecular weight is 379 g/mol. The van der Waals surface area contributed by atoms with Gasteiger partial charge < -0.3 is 19.5 Å². The molecule has 1 aromatic rings. The Morgan fingerprint density at radius 3 is 2.85 bits per heavy atom. The molecule has 2 amide bonds. The van der Waals surface area contributed by atoms with Crippen molar-refractivity contribution in [3.63, 3.8) is 0 Å². The maximum atomic E-state index is 12.8. The molecule has 26 heavy (non-hydrogen) atoms. The monoisotopic (exact) mass is 379 g/mol. The lowest BCUT2D eigenvalue weighted by Crippen LogP contribution is -2.49. The van der Waals surface area contributed by atoms with E-state index in [9.17, 15) is 14.4 Å². The van der Waals surface area contributed by atoms with Gasteiger partial charge in [0.05, 0.1) is 18.8 Å². The molecule has 1 fully saturated rings. The number of carbonyl (C=O) groups excluding carboxylic acids is 2. The van der Waals surface area contributed by atoms with Crippen LogP contribution >= 0.6 is 11.8 Å². The molecule has 0 unspecified atom stereocenters. The number of pyridine rings is 1. The van der Waals surface area contributed by atoms with E-state index >= 15 is 0 Å². The number of thioether (sulfide) groups is 1. The van der Waals surface area contributed by atoms with E-state index in [1.807, 2.05) is 17.2 Å². The first-order valence-electron chi connectivity index (χ1n) is 8.82. The van der Waals surface area contributed by atoms with Gasteiger partial charge in [0.1, 0.15) is 5.69 Å². The van der Waals surface area contributed by atoms with E-state index in [2.05, 4.69) is 5.32 Å². The quantitative estimate of drug-likeness (QED) is 0.801. The highest BCUT2D eigenvalue weighted by atomic mass is 32.2. The molecule has 8 heteroatoms. The van der Waals surface area contributed by atoms with Gasteiger partial charge in [-0.2, -0.15) is 11.8 Å². The lowest BCUT2D eigenvalue weighted by Gasteiger charge is -2.43. The number of nitrogens with one attached hydrogen (secondary N) is 1. The van der Waals surface area contributed by atoms with E-state index in [1.165, 1.54) is 11.8 Å². The summed E-state index contributed by atoms with van der Waals surface area (Å²) in [6, 6.07) is 3.61. The standard InChI is InChI=1S/C18H25N3O4S/c1-25-6-5-17(23)20-8-12-7-13(10-20)15-4-3-14(18(24)21(15)9-12)19-16(22)11-26-2/h3-4,12-13H,5-11H2,1-2H3,(H,19,22)/t12-,13-/m1/s1. The van der Waals surface area contributed by atoms with Crippen molar-refractivity contribution in [2.45, 2.75) is 25.3 Å². The molecular weight excluding hydrogens is 354 g/mol. The Hall–Kier alpha value is -1.80. The first kappa shape index (κ1) is 19.0. The lowest BCUT2D eigenvalue weighted by molar-refractivity contribution is -0.134. The minimum absolute atomic E-state index is 0.110. The van der Waals surface area contributed by atoms with Crippen molar-refractivity contribution >= 4 is 29.3 Å². The van der Waals surface area contributed by atoms with Gasteiger partial charge in [-0.05, 0) is 30.7 Å². The van der Waals surface area contributed by atoms with E-state index in [-0.39, 0.29) is 29.2 Å². The summed E-state index contributed by atoms with van der Waals surface area (Å²) >= 11 is 1.42. The fourth-order valence-electron chi connectivity index (χ4n) is 3.91. The lowest BCUT2D eigenvalue weighted by atomic mass is 9.83. The van der Waals surface area contributed by atoms with Gasteiger partial charge >= 0.3 is 0 Å². The topological polar surface area (TPSA) is 80.6 Å². The van der Waals surface area contributed by atoms with Crippen molar-refractivity contribution in [1.29, 1.82) is 0 Å². The minimum atomic E-state index is -0.166. The van der Waals surface area contributed by atoms with Crippen LogP contribution in [0.2, 0.25) is 0 Å². The Morgan fingerprint density at radius 1 is 1.31 bits per heavy atom. The van der Waals surface area contributed by atoms with Crippen LogP contribution in [0.3, 0.4) is 0 Å². The van der Waals surface area contributed by atoms with Crippen molar-refractivity contribution in [3.05, 3.63) is 28.2 Å². The van der Waals surface area contributed by atoms with Crippen molar-refractivity contribution in [1.82, 2.24) is 9.47 Å². The Bertz CT molecular complexity index is 748. The number of methoxy groups -OCH3 is 1. The minimum Gasteiger partial charge on any atom is -0.384 e. The highest BCUT2D eigenvalue weighted by molar-refractivity contribution is 7.99. The van der Waals surface area contributed by atoms with Gasteiger partial charge in [-0.3, -0.25) is 14.4 Å². The molecule has 2 bridgehead atoms. The van der Waals surface area contributed by atoms with Gasteiger partial charge in [0, 0.05) is 38.4 Å². The average Bonchev–Trinajstić information content (AvgIpc) is 2.62. The summed E-state index contributed by atoms with van der Waals surface area (Å²) < 4.78 is 6.78. The summed E-state index contributed by atoms with van der Waals surface area (Å²) in [5.74, 6) is 0.699. The maximum Gasteiger partial charge on any atom is 0.274 e. The van der Waals surface area contributed by atoms with E-state index in [1.54, 1.807) is 17.7 Å². The predicted molar refractivity (Wildman–Crippen MR) is 102 cm³/mol. The number of amides is 2. The molecule has 2 aliphatic heterocycles. The van der Waals surface area contributed by atoms with E-state index < -0.39 is 0 Å². The van der Waals surface area contributed by atoms with Crippen LogP contribution in [0.4, 0.5) is 5.69 Å². The highest BCUT2D eigenvalue weighted by Gasteiger charge is 2.36. The molecule has 0 aliphatic carbocycles. The van der Waals surface area contributed by atoms with E-state index in [0.29, 0.717) is 44.1 Å². The van der Waals surface area contributed by atoms with Crippen LogP contribution in [0.25, 0.3) is 0 Å². The van der Waals surface area contributed by atoms with Crippen molar-refractivity contribution in [3.8, 4) is 0 Å². The summed E-state index contributed by atoms with van der Waals surface area (Å²) in [5, 5.41) is 2.71. The SMILES string of the molecule is COCCC(=O)N1C[C@H]2C[C@H](C1)c1ccc(NC(=O)CSC)c(=O)n1C2. The first-order chi connectivity index (χ1) is 12.5. The second-order valence-corrected chi connectivity index (χ2v) is 7.78. The van der Waals surface area contributed by atoms with Gasteiger partial charge in [-0.25, -0.2) is 0 Å². The van der Waals surface area contributed by atoms with Crippen molar-refractivity contribution in [2.75, 3.05) is 44.1 Å². The maximum absolute atomic E-state index is 12.8. The number of hydrogen-bond donors (Lipinski definition) is 1. The van der Waals surface area contributed by atoms with Crippen LogP contribution in [0, 0.1) is 5.92 Å². The Labute approximate surface area is 157 Å². The van der Waals surface area contributed by atoms with Crippen LogP contribution in [0.1, 0.15) is 24.5 Å². The number of ether oxygens (including phenoxy) is 1. The molecule has 1 saturated heterocycles. The van der Waals surface area contributed by atoms with Crippen molar-refractivity contribution < 1.29 is 14.3 Å². The zero-order valence-electron chi connectivity index (χ0n) is 15.2. The number of anilines is 1. The number of fused-ring (bicyclic) bond motifs is 4. The molecule has 2 atom stereocenters. The summed E-state index contributed by atoms with van der Waals surface area (Å²) in [6.45, 7) is 2.33. The number of aromatic nitrogens is 1. The van der Waals surface area contributed by atoms with Gasteiger partial charge in [0.15, 0.2) is 0 Å². The number of rotatable bonds is 6. The number of hydrogen-bond acceptors (Lipinski definition) is 5. The largest absolute Gasteiger partial charge is 0.384 e. The zero-order chi connectivity index (χ0) is 18.7. The van der Waals surface area contributed by atoms with Crippen LogP contribution in [-0.4, -0.2) is 60.1 Å². The summed E-state index contributed by atoms with van der Waals surface area (Å²) in [6.07, 6.45) is 3.23. The molecule has 0 spiro atoms. The molecule has 1 N–H and O–H groups in total. The third kappa shape index (κ3) is 3.96. The second kappa shape index (κ2) is 8.26. The fourth-order valence-corrected chi connectivity index (χ4v) is 4.24. The number of likely N-dealkylation sites (tertiary alicyclic amines) is 1. The number of nitrogens with zero attached hydrogens (tertiary/aromatic N) is 2. The predicted octanol–water partition coefficient (Wildman–Crippen LogP) is 1.13. The van der Waals surface area contributed by atoms with Gasteiger partial charge in [0.25, 0.3) is 5.56 Å². The normalized spacial score (nSPS) is 21.2. The molecular formula is C18H25N3O4S. The molecule has 7 nitrogen and oxygen atoms in total. The Morgan fingerprint density at radius 2 is 2.12 bits per heavy atom. The summed E-state index contributed by atoms with van der Waals surface area (Å²) in [7, 11) is 1.59. The highest BCUT2D eigenvalue weighted by Crippen LogP contribution is 2.35. The first-order valence-corrected chi connectivity index (χ1v) is 10.2. The molecule has 1 aromatic heterocycles. The van der Waals surface area contributed by atoms with E-state index in [0.717, 1.165) is 12.1 Å². The van der Waals surface area contributed by atoms with E-state index in [4.69, 9.17) is 4.74 Å². The molecule has 0 aromatic carbocycles. The molecule has 3 rings (SSSR count). The van der Waals surface area contributed by atoms with Gasteiger partial charge in [0.2, 0.25) is 11.8 Å².